The first-order valence-electron chi connectivity index (χ1n) is 6.26. The van der Waals surface area contributed by atoms with Crippen LogP contribution in [0.25, 0.3) is 0 Å². The molecule has 0 radical (unpaired) electrons. The summed E-state index contributed by atoms with van der Waals surface area (Å²) in [7, 11) is 0. The number of nitriles is 1. The predicted octanol–water partition coefficient (Wildman–Crippen LogP) is 1.62. The SMILES string of the molecule is N#Cc1ccc(C(NC2CCCC2)C(N)=O)cc1. The third-order valence-corrected chi connectivity index (χ3v) is 3.42. The number of amides is 1. The van der Waals surface area contributed by atoms with Gasteiger partial charge in [-0.2, -0.15) is 5.26 Å². The highest BCUT2D eigenvalue weighted by molar-refractivity contribution is 5.81. The second-order valence-corrected chi connectivity index (χ2v) is 4.72. The van der Waals surface area contributed by atoms with Gasteiger partial charge in [-0.25, -0.2) is 0 Å². The highest BCUT2D eigenvalue weighted by Gasteiger charge is 2.23. The van der Waals surface area contributed by atoms with Gasteiger partial charge in [0.2, 0.25) is 5.91 Å². The average Bonchev–Trinajstić information content (AvgIpc) is 2.89. The quantitative estimate of drug-likeness (QED) is 0.843. The van der Waals surface area contributed by atoms with Gasteiger partial charge in [-0.05, 0) is 30.5 Å². The van der Waals surface area contributed by atoms with Crippen molar-refractivity contribution < 1.29 is 4.79 Å². The lowest BCUT2D eigenvalue weighted by atomic mass is 10.0. The number of nitrogens with zero attached hydrogens (tertiary/aromatic N) is 1. The van der Waals surface area contributed by atoms with Crippen molar-refractivity contribution in [2.45, 2.75) is 37.8 Å². The fourth-order valence-corrected chi connectivity index (χ4v) is 2.42. The van der Waals surface area contributed by atoms with E-state index < -0.39 is 6.04 Å². The summed E-state index contributed by atoms with van der Waals surface area (Å²) in [5, 5.41) is 12.1. The van der Waals surface area contributed by atoms with Crippen LogP contribution in [0.5, 0.6) is 0 Å². The zero-order chi connectivity index (χ0) is 13.0. The normalized spacial score (nSPS) is 17.3. The van der Waals surface area contributed by atoms with Crippen molar-refractivity contribution in [3.8, 4) is 6.07 Å². The molecule has 0 aromatic heterocycles. The zero-order valence-electron chi connectivity index (χ0n) is 10.2. The van der Waals surface area contributed by atoms with Gasteiger partial charge >= 0.3 is 0 Å². The van der Waals surface area contributed by atoms with Crippen LogP contribution in [0, 0.1) is 11.3 Å². The summed E-state index contributed by atoms with van der Waals surface area (Å²) in [6.45, 7) is 0. The smallest absolute Gasteiger partial charge is 0.239 e. The highest BCUT2D eigenvalue weighted by atomic mass is 16.1. The number of carbonyl (C=O) groups is 1. The van der Waals surface area contributed by atoms with Crippen LogP contribution in [0.2, 0.25) is 0 Å². The van der Waals surface area contributed by atoms with Crippen LogP contribution >= 0.6 is 0 Å². The number of carbonyl (C=O) groups excluding carboxylic acids is 1. The first-order valence-corrected chi connectivity index (χ1v) is 6.26. The maximum absolute atomic E-state index is 11.5. The largest absolute Gasteiger partial charge is 0.368 e. The molecule has 0 bridgehead atoms. The number of rotatable bonds is 4. The molecular weight excluding hydrogens is 226 g/mol. The Labute approximate surface area is 107 Å². The monoisotopic (exact) mass is 243 g/mol. The number of hydrogen-bond donors (Lipinski definition) is 2. The second-order valence-electron chi connectivity index (χ2n) is 4.72. The standard InChI is InChI=1S/C14H17N3O/c15-9-10-5-7-11(8-6-10)13(14(16)18)17-12-3-1-2-4-12/h5-8,12-13,17H,1-4H2,(H2,16,18). The minimum Gasteiger partial charge on any atom is -0.368 e. The molecule has 0 spiro atoms. The minimum atomic E-state index is -0.458. The lowest BCUT2D eigenvalue weighted by Gasteiger charge is -2.20. The molecule has 1 fully saturated rings. The molecule has 3 N–H and O–H groups in total. The molecule has 1 aromatic rings. The summed E-state index contributed by atoms with van der Waals surface area (Å²) >= 11 is 0. The summed E-state index contributed by atoms with van der Waals surface area (Å²) < 4.78 is 0. The first-order chi connectivity index (χ1) is 8.70. The molecule has 1 aliphatic rings. The molecule has 1 aromatic carbocycles. The number of primary amides is 1. The topological polar surface area (TPSA) is 78.9 Å². The third-order valence-electron chi connectivity index (χ3n) is 3.42. The molecule has 1 amide bonds. The van der Waals surface area contributed by atoms with E-state index >= 15 is 0 Å². The Morgan fingerprint density at radius 1 is 1.33 bits per heavy atom. The van der Waals surface area contributed by atoms with Crippen LogP contribution in [0.15, 0.2) is 24.3 Å². The van der Waals surface area contributed by atoms with Crippen molar-refractivity contribution in [2.24, 2.45) is 5.73 Å². The van der Waals surface area contributed by atoms with Gasteiger partial charge in [-0.3, -0.25) is 10.1 Å². The second kappa shape index (κ2) is 5.65. The molecule has 94 valence electrons. The van der Waals surface area contributed by atoms with Crippen LogP contribution in [-0.2, 0) is 4.79 Å². The Bertz CT molecular complexity index is 455. The molecule has 0 heterocycles. The summed E-state index contributed by atoms with van der Waals surface area (Å²) in [4.78, 5) is 11.5. The van der Waals surface area contributed by atoms with Gasteiger partial charge < -0.3 is 5.73 Å². The van der Waals surface area contributed by atoms with E-state index in [-0.39, 0.29) is 5.91 Å². The number of nitrogens with one attached hydrogen (secondary N) is 1. The molecule has 18 heavy (non-hydrogen) atoms. The van der Waals surface area contributed by atoms with Gasteiger partial charge in [-0.15, -0.1) is 0 Å². The molecular formula is C14H17N3O. The fraction of sp³-hybridized carbons (Fsp3) is 0.429. The molecule has 4 heteroatoms. The summed E-state index contributed by atoms with van der Waals surface area (Å²) in [5.74, 6) is -0.369. The summed E-state index contributed by atoms with van der Waals surface area (Å²) in [6, 6.07) is 8.97. The Balaban J connectivity index is 2.13. The van der Waals surface area contributed by atoms with Crippen molar-refractivity contribution in [1.82, 2.24) is 5.32 Å². The van der Waals surface area contributed by atoms with Crippen LogP contribution in [-0.4, -0.2) is 11.9 Å². The molecule has 0 aliphatic heterocycles. The Hall–Kier alpha value is -1.86. The van der Waals surface area contributed by atoms with Gasteiger partial charge in [0.1, 0.15) is 6.04 Å². The zero-order valence-corrected chi connectivity index (χ0v) is 10.2. The number of hydrogen-bond acceptors (Lipinski definition) is 3. The van der Waals surface area contributed by atoms with E-state index in [9.17, 15) is 4.79 Å². The highest BCUT2D eigenvalue weighted by Crippen LogP contribution is 2.22. The van der Waals surface area contributed by atoms with Crippen molar-refractivity contribution in [2.75, 3.05) is 0 Å². The lowest BCUT2D eigenvalue weighted by molar-refractivity contribution is -0.120. The van der Waals surface area contributed by atoms with E-state index in [0.29, 0.717) is 11.6 Å². The molecule has 1 saturated carbocycles. The molecule has 1 aliphatic carbocycles. The molecule has 1 atom stereocenters. The van der Waals surface area contributed by atoms with E-state index in [0.717, 1.165) is 18.4 Å². The van der Waals surface area contributed by atoms with E-state index in [1.807, 2.05) is 0 Å². The number of nitrogens with two attached hydrogens (primary N) is 1. The fourth-order valence-electron chi connectivity index (χ4n) is 2.42. The molecule has 1 unspecified atom stereocenters. The Morgan fingerprint density at radius 2 is 1.94 bits per heavy atom. The Kier molecular flexibility index (Phi) is 3.96. The van der Waals surface area contributed by atoms with E-state index in [4.69, 9.17) is 11.0 Å². The van der Waals surface area contributed by atoms with Gasteiger partial charge in [0.25, 0.3) is 0 Å². The summed E-state index contributed by atoms with van der Waals surface area (Å²) in [6.07, 6.45) is 4.60. The van der Waals surface area contributed by atoms with Crippen molar-refractivity contribution >= 4 is 5.91 Å². The Morgan fingerprint density at radius 3 is 2.44 bits per heavy atom. The van der Waals surface area contributed by atoms with Crippen molar-refractivity contribution in [1.29, 1.82) is 5.26 Å². The van der Waals surface area contributed by atoms with Crippen LogP contribution in [0.1, 0.15) is 42.9 Å². The molecule has 2 rings (SSSR count). The predicted molar refractivity (Wildman–Crippen MR) is 68.5 cm³/mol. The van der Waals surface area contributed by atoms with Gasteiger partial charge in [0.05, 0.1) is 11.6 Å². The van der Waals surface area contributed by atoms with Gasteiger partial charge in [-0.1, -0.05) is 25.0 Å². The van der Waals surface area contributed by atoms with Crippen molar-refractivity contribution in [3.63, 3.8) is 0 Å². The third kappa shape index (κ3) is 2.88. The van der Waals surface area contributed by atoms with Crippen LogP contribution in [0.3, 0.4) is 0 Å². The maximum Gasteiger partial charge on any atom is 0.239 e. The molecule has 0 saturated heterocycles. The van der Waals surface area contributed by atoms with E-state index in [1.165, 1.54) is 12.8 Å². The van der Waals surface area contributed by atoms with Crippen LogP contribution < -0.4 is 11.1 Å². The van der Waals surface area contributed by atoms with Crippen molar-refractivity contribution in [3.05, 3.63) is 35.4 Å². The number of benzene rings is 1. The van der Waals surface area contributed by atoms with Gasteiger partial charge in [0.15, 0.2) is 0 Å². The lowest BCUT2D eigenvalue weighted by Crippen LogP contribution is -2.38. The summed E-state index contributed by atoms with van der Waals surface area (Å²) in [5.41, 5.74) is 6.86. The van der Waals surface area contributed by atoms with Gasteiger partial charge in [0, 0.05) is 6.04 Å². The van der Waals surface area contributed by atoms with E-state index in [2.05, 4.69) is 11.4 Å². The minimum absolute atomic E-state index is 0.369. The van der Waals surface area contributed by atoms with Crippen LogP contribution in [0.4, 0.5) is 0 Å². The maximum atomic E-state index is 11.5. The molecule has 4 nitrogen and oxygen atoms in total. The van der Waals surface area contributed by atoms with E-state index in [1.54, 1.807) is 24.3 Å². The first kappa shape index (κ1) is 12.6. The average molecular weight is 243 g/mol.